The Morgan fingerprint density at radius 3 is 2.67 bits per heavy atom. The lowest BCUT2D eigenvalue weighted by atomic mass is 10.1. The predicted octanol–water partition coefficient (Wildman–Crippen LogP) is 1.71. The first kappa shape index (κ1) is 15.9. The van der Waals surface area contributed by atoms with Gasteiger partial charge in [-0.2, -0.15) is 0 Å². The van der Waals surface area contributed by atoms with Crippen LogP contribution >= 0.6 is 0 Å². The number of aromatic nitrogens is 2. The highest BCUT2D eigenvalue weighted by Gasteiger charge is 2.17. The van der Waals surface area contributed by atoms with E-state index < -0.39 is 0 Å². The summed E-state index contributed by atoms with van der Waals surface area (Å²) in [4.78, 5) is 33.3. The zero-order valence-electron chi connectivity index (χ0n) is 13.5. The summed E-state index contributed by atoms with van der Waals surface area (Å²) < 4.78 is 0. The Morgan fingerprint density at radius 1 is 1.21 bits per heavy atom. The van der Waals surface area contributed by atoms with Gasteiger partial charge in [0.1, 0.15) is 11.5 Å². The molecule has 2 N–H and O–H groups in total. The number of carbonyl (C=O) groups is 2. The second-order valence-electron chi connectivity index (χ2n) is 5.70. The molecule has 3 rings (SSSR count). The molecule has 2 aromatic rings. The lowest BCUT2D eigenvalue weighted by molar-refractivity contribution is -0.119. The van der Waals surface area contributed by atoms with Crippen molar-refractivity contribution in [1.29, 1.82) is 0 Å². The lowest BCUT2D eigenvalue weighted by Gasteiger charge is -2.29. The number of rotatable bonds is 4. The van der Waals surface area contributed by atoms with E-state index in [-0.39, 0.29) is 11.6 Å². The molecule has 1 fully saturated rings. The van der Waals surface area contributed by atoms with Crippen molar-refractivity contribution in [3.63, 3.8) is 0 Å². The standard InChI is InChI=1S/C17H19N5O2/c1-12-10-13(20-21-17(24)15-11-18-6-7-19-15)2-3-16(12)22-8-4-14(23)5-9-22/h2-3,6-7,10-11,20H,4-5,8-9H2,1H3,(H,21,24). The molecule has 0 unspecified atom stereocenters. The van der Waals surface area contributed by atoms with Crippen LogP contribution < -0.4 is 15.8 Å². The number of nitrogens with zero attached hydrogens (tertiary/aromatic N) is 3. The van der Waals surface area contributed by atoms with E-state index in [9.17, 15) is 9.59 Å². The van der Waals surface area contributed by atoms with E-state index in [1.807, 2.05) is 25.1 Å². The fourth-order valence-electron chi connectivity index (χ4n) is 2.69. The smallest absolute Gasteiger partial charge is 0.289 e. The van der Waals surface area contributed by atoms with E-state index in [1.54, 1.807) is 0 Å². The van der Waals surface area contributed by atoms with E-state index >= 15 is 0 Å². The van der Waals surface area contributed by atoms with Gasteiger partial charge in [-0.05, 0) is 30.7 Å². The van der Waals surface area contributed by atoms with E-state index in [0.29, 0.717) is 18.6 Å². The van der Waals surface area contributed by atoms with Gasteiger partial charge in [-0.3, -0.25) is 25.4 Å². The summed E-state index contributed by atoms with van der Waals surface area (Å²) in [5, 5.41) is 0. The fourth-order valence-corrected chi connectivity index (χ4v) is 2.69. The first-order valence-corrected chi connectivity index (χ1v) is 7.83. The van der Waals surface area contributed by atoms with Gasteiger partial charge in [-0.25, -0.2) is 4.98 Å². The van der Waals surface area contributed by atoms with Crippen LogP contribution in [-0.4, -0.2) is 34.7 Å². The van der Waals surface area contributed by atoms with Gasteiger partial charge in [0.05, 0.1) is 11.9 Å². The molecule has 1 amide bonds. The second-order valence-corrected chi connectivity index (χ2v) is 5.70. The molecule has 7 heteroatoms. The first-order chi connectivity index (χ1) is 11.6. The minimum absolute atomic E-state index is 0.247. The van der Waals surface area contributed by atoms with Crippen LogP contribution in [0.1, 0.15) is 28.9 Å². The third-order valence-electron chi connectivity index (χ3n) is 3.97. The molecule has 0 atom stereocenters. The van der Waals surface area contributed by atoms with Gasteiger partial charge >= 0.3 is 0 Å². The van der Waals surface area contributed by atoms with Crippen molar-refractivity contribution in [3.8, 4) is 0 Å². The molecule has 2 heterocycles. The van der Waals surface area contributed by atoms with Crippen LogP contribution in [0.15, 0.2) is 36.8 Å². The van der Waals surface area contributed by atoms with Crippen molar-refractivity contribution in [3.05, 3.63) is 48.0 Å². The summed E-state index contributed by atoms with van der Waals surface area (Å²) in [7, 11) is 0. The molecule has 1 saturated heterocycles. The fraction of sp³-hybridized carbons (Fsp3) is 0.294. The normalized spacial score (nSPS) is 14.4. The summed E-state index contributed by atoms with van der Waals surface area (Å²) in [5.41, 5.74) is 8.71. The van der Waals surface area contributed by atoms with Gasteiger partial charge in [0.15, 0.2) is 0 Å². The second kappa shape index (κ2) is 7.08. The Kier molecular flexibility index (Phi) is 4.69. The van der Waals surface area contributed by atoms with Gasteiger partial charge < -0.3 is 4.90 Å². The van der Waals surface area contributed by atoms with E-state index in [2.05, 4.69) is 25.7 Å². The van der Waals surface area contributed by atoms with Gasteiger partial charge in [-0.1, -0.05) is 0 Å². The van der Waals surface area contributed by atoms with Crippen molar-refractivity contribution in [2.45, 2.75) is 19.8 Å². The number of hydrogen-bond donors (Lipinski definition) is 2. The van der Waals surface area contributed by atoms with Crippen LogP contribution in [0.3, 0.4) is 0 Å². The largest absolute Gasteiger partial charge is 0.370 e. The molecule has 24 heavy (non-hydrogen) atoms. The minimum Gasteiger partial charge on any atom is -0.370 e. The molecular formula is C17H19N5O2. The lowest BCUT2D eigenvalue weighted by Crippen LogP contribution is -2.34. The molecule has 1 aromatic carbocycles. The van der Waals surface area contributed by atoms with Crippen LogP contribution in [0.4, 0.5) is 11.4 Å². The number of anilines is 2. The SMILES string of the molecule is Cc1cc(NNC(=O)c2cnccn2)ccc1N1CCC(=O)CC1. The van der Waals surface area contributed by atoms with Gasteiger partial charge in [0.2, 0.25) is 0 Å². The Bertz CT molecular complexity index is 738. The average Bonchev–Trinajstić information content (AvgIpc) is 2.61. The maximum Gasteiger partial charge on any atom is 0.289 e. The maximum absolute atomic E-state index is 11.9. The van der Waals surface area contributed by atoms with Crippen molar-refractivity contribution in [1.82, 2.24) is 15.4 Å². The third kappa shape index (κ3) is 3.68. The zero-order valence-corrected chi connectivity index (χ0v) is 13.5. The molecule has 0 spiro atoms. The molecule has 0 aliphatic carbocycles. The summed E-state index contributed by atoms with van der Waals surface area (Å²) in [6.07, 6.45) is 5.60. The van der Waals surface area contributed by atoms with E-state index in [0.717, 1.165) is 30.0 Å². The summed E-state index contributed by atoms with van der Waals surface area (Å²) in [5.74, 6) is -0.0201. The summed E-state index contributed by atoms with van der Waals surface area (Å²) in [6, 6.07) is 5.86. The molecular weight excluding hydrogens is 306 g/mol. The average molecular weight is 325 g/mol. The molecule has 0 bridgehead atoms. The van der Waals surface area contributed by atoms with Gasteiger partial charge in [-0.15, -0.1) is 0 Å². The molecule has 1 aliphatic heterocycles. The number of ketones is 1. The number of nitrogens with one attached hydrogen (secondary N) is 2. The molecule has 124 valence electrons. The Morgan fingerprint density at radius 2 is 2.00 bits per heavy atom. The quantitative estimate of drug-likeness (QED) is 0.832. The number of benzene rings is 1. The number of hydrazine groups is 1. The molecule has 1 aromatic heterocycles. The highest BCUT2D eigenvalue weighted by Crippen LogP contribution is 2.25. The first-order valence-electron chi connectivity index (χ1n) is 7.83. The van der Waals surface area contributed by atoms with Gasteiger partial charge in [0.25, 0.3) is 5.91 Å². The summed E-state index contributed by atoms with van der Waals surface area (Å²) in [6.45, 7) is 3.53. The highest BCUT2D eigenvalue weighted by molar-refractivity contribution is 5.92. The molecule has 0 radical (unpaired) electrons. The van der Waals surface area contributed by atoms with Crippen LogP contribution in [0.5, 0.6) is 0 Å². The predicted molar refractivity (Wildman–Crippen MR) is 90.8 cm³/mol. The number of carbonyl (C=O) groups excluding carboxylic acids is 2. The number of Topliss-reactive ketones (excluding diaryl/α,β-unsaturated/α-hetero) is 1. The van der Waals surface area contributed by atoms with Crippen LogP contribution in [0.2, 0.25) is 0 Å². The number of aryl methyl sites for hydroxylation is 1. The highest BCUT2D eigenvalue weighted by atomic mass is 16.2. The number of amides is 1. The number of piperidine rings is 1. The third-order valence-corrected chi connectivity index (χ3v) is 3.97. The summed E-state index contributed by atoms with van der Waals surface area (Å²) >= 11 is 0. The Balaban J connectivity index is 1.62. The van der Waals surface area contributed by atoms with E-state index in [4.69, 9.17) is 0 Å². The topological polar surface area (TPSA) is 87.2 Å². The van der Waals surface area contributed by atoms with Crippen molar-refractivity contribution in [2.75, 3.05) is 23.4 Å². The van der Waals surface area contributed by atoms with E-state index in [1.165, 1.54) is 18.6 Å². The van der Waals surface area contributed by atoms with Crippen LogP contribution in [0, 0.1) is 6.92 Å². The van der Waals surface area contributed by atoms with Crippen molar-refractivity contribution in [2.24, 2.45) is 0 Å². The monoisotopic (exact) mass is 325 g/mol. The minimum atomic E-state index is -0.348. The maximum atomic E-state index is 11.9. The number of hydrogen-bond acceptors (Lipinski definition) is 6. The zero-order chi connectivity index (χ0) is 16.9. The van der Waals surface area contributed by atoms with Gasteiger partial charge in [0, 0.05) is 44.0 Å². The molecule has 0 saturated carbocycles. The van der Waals surface area contributed by atoms with Crippen molar-refractivity contribution < 1.29 is 9.59 Å². The van der Waals surface area contributed by atoms with Crippen molar-refractivity contribution >= 4 is 23.1 Å². The molecule has 1 aliphatic rings. The Hall–Kier alpha value is -2.96. The van der Waals surface area contributed by atoms with Crippen LogP contribution in [0.25, 0.3) is 0 Å². The molecule has 7 nitrogen and oxygen atoms in total. The van der Waals surface area contributed by atoms with Crippen LogP contribution in [-0.2, 0) is 4.79 Å². The Labute approximate surface area is 140 Å².